The number of carbonyl (C=O) groups is 1. The normalized spacial score (nSPS) is 18.2. The summed E-state index contributed by atoms with van der Waals surface area (Å²) in [6, 6.07) is 3.97. The van der Waals surface area contributed by atoms with Gasteiger partial charge in [-0.25, -0.2) is 22.8 Å². The van der Waals surface area contributed by atoms with Gasteiger partial charge in [-0.1, -0.05) is 0 Å². The Morgan fingerprint density at radius 1 is 1.10 bits per heavy atom. The average Bonchev–Trinajstić information content (AvgIpc) is 3.29. The van der Waals surface area contributed by atoms with E-state index in [0.29, 0.717) is 6.42 Å². The highest BCUT2D eigenvalue weighted by Gasteiger charge is 2.43. The summed E-state index contributed by atoms with van der Waals surface area (Å²) in [5, 5.41) is 22.1. The van der Waals surface area contributed by atoms with Crippen molar-refractivity contribution in [1.82, 2.24) is 24.6 Å². The number of nitrogens with one attached hydrogen (secondary N) is 1. The van der Waals surface area contributed by atoms with Crippen molar-refractivity contribution in [3.63, 3.8) is 0 Å². The summed E-state index contributed by atoms with van der Waals surface area (Å²) in [6.07, 6.45) is -1.22. The van der Waals surface area contributed by atoms with Crippen LogP contribution in [0, 0.1) is 5.82 Å². The molecule has 0 aliphatic carbocycles. The highest BCUT2D eigenvalue weighted by molar-refractivity contribution is 7.89. The molecule has 1 amide bonds. The number of halogens is 4. The van der Waals surface area contributed by atoms with E-state index in [-0.39, 0.29) is 40.1 Å². The highest BCUT2D eigenvalue weighted by Crippen LogP contribution is 2.31. The Labute approximate surface area is 220 Å². The summed E-state index contributed by atoms with van der Waals surface area (Å²) in [7, 11) is -6.12. The van der Waals surface area contributed by atoms with Gasteiger partial charge in [-0.15, -0.1) is 0 Å². The number of hydrogen-bond donors (Lipinski definition) is 3. The number of hydrogen-bond acceptors (Lipinski definition) is 8. The quantitative estimate of drug-likeness (QED) is 0.286. The minimum absolute atomic E-state index is 0.0811. The fourth-order valence-electron chi connectivity index (χ4n) is 4.30. The maximum atomic E-state index is 13.3. The molecule has 1 aliphatic rings. The third-order valence-electron chi connectivity index (χ3n) is 6.25. The lowest BCUT2D eigenvalue weighted by atomic mass is 9.78. The van der Waals surface area contributed by atoms with Gasteiger partial charge in [-0.3, -0.25) is 9.78 Å². The number of aromatic nitrogens is 3. The van der Waals surface area contributed by atoms with E-state index in [1.54, 1.807) is 6.92 Å². The van der Waals surface area contributed by atoms with Crippen LogP contribution >= 0.6 is 0 Å². The summed E-state index contributed by atoms with van der Waals surface area (Å²) in [6.45, 7) is 1.37. The highest BCUT2D eigenvalue weighted by atomic mass is 32.2. The fraction of sp³-hybridized carbons (Fsp3) is 0.304. The van der Waals surface area contributed by atoms with E-state index >= 15 is 0 Å². The minimum Gasteiger partial charge on any atom is -0.423 e. The fourth-order valence-corrected chi connectivity index (χ4v) is 6.14. The summed E-state index contributed by atoms with van der Waals surface area (Å²) < 4.78 is 79.2. The molecular formula is C23H22BF4N5O5S. The van der Waals surface area contributed by atoms with E-state index in [1.807, 2.05) is 0 Å². The largest absolute Gasteiger partial charge is 0.490 e. The number of nitrogens with zero attached hydrogens (tertiary/aromatic N) is 4. The van der Waals surface area contributed by atoms with Crippen molar-refractivity contribution in [2.45, 2.75) is 49.5 Å². The summed E-state index contributed by atoms with van der Waals surface area (Å²) in [5.41, 5.74) is 0.299. The van der Waals surface area contributed by atoms with Gasteiger partial charge in [0.25, 0.3) is 0 Å². The number of pyridine rings is 1. The van der Waals surface area contributed by atoms with Gasteiger partial charge in [0.15, 0.2) is 0 Å². The third kappa shape index (κ3) is 6.08. The van der Waals surface area contributed by atoms with E-state index in [4.69, 9.17) is 0 Å². The van der Waals surface area contributed by atoms with E-state index in [9.17, 15) is 40.8 Å². The zero-order valence-corrected chi connectivity index (χ0v) is 21.1. The van der Waals surface area contributed by atoms with Crippen molar-refractivity contribution in [2.75, 3.05) is 0 Å². The van der Waals surface area contributed by atoms with Crippen molar-refractivity contribution in [3.8, 4) is 11.3 Å². The topological polar surface area (TPSA) is 146 Å². The van der Waals surface area contributed by atoms with Crippen LogP contribution in [0.15, 0.2) is 53.8 Å². The van der Waals surface area contributed by atoms with E-state index in [2.05, 4.69) is 20.3 Å². The van der Waals surface area contributed by atoms with Crippen LogP contribution in [0.5, 0.6) is 0 Å². The van der Waals surface area contributed by atoms with Crippen LogP contribution in [0.3, 0.4) is 0 Å². The van der Waals surface area contributed by atoms with E-state index < -0.39 is 53.0 Å². The van der Waals surface area contributed by atoms with Gasteiger partial charge < -0.3 is 15.4 Å². The summed E-state index contributed by atoms with van der Waals surface area (Å²) in [5.74, 6) is -2.61. The van der Waals surface area contributed by atoms with Crippen LogP contribution in [-0.2, 0) is 27.5 Å². The molecule has 10 nitrogen and oxygen atoms in total. The predicted molar refractivity (Wildman–Crippen MR) is 130 cm³/mol. The zero-order chi connectivity index (χ0) is 28.5. The first-order valence-electron chi connectivity index (χ1n) is 11.6. The average molecular weight is 567 g/mol. The molecule has 0 spiro atoms. The first-order valence-corrected chi connectivity index (χ1v) is 13.0. The second-order valence-corrected chi connectivity index (χ2v) is 10.7. The van der Waals surface area contributed by atoms with Crippen molar-refractivity contribution in [3.05, 3.63) is 66.1 Å². The first-order chi connectivity index (χ1) is 18.3. The minimum atomic E-state index is -4.73. The first kappa shape index (κ1) is 28.5. The van der Waals surface area contributed by atoms with Crippen LogP contribution in [0.4, 0.5) is 17.6 Å². The smallest absolute Gasteiger partial charge is 0.423 e. The number of sulfonamides is 1. The summed E-state index contributed by atoms with van der Waals surface area (Å²) in [4.78, 5) is 23.5. The molecule has 2 atom stereocenters. The molecule has 3 heterocycles. The lowest BCUT2D eigenvalue weighted by molar-refractivity contribution is -0.145. The van der Waals surface area contributed by atoms with Crippen LogP contribution in [0.1, 0.15) is 31.2 Å². The maximum Gasteiger partial charge on any atom is 0.490 e. The SMILES string of the molecule is C[C@H]1CC[C@@H](C(=O)NCc2cc(-c3cnc(C(F)(F)F)nc3)ncc2B(O)O)N1S(=O)(=O)c1ccc(F)cc1. The molecule has 1 saturated heterocycles. The number of rotatable bonds is 7. The third-order valence-corrected chi connectivity index (χ3v) is 8.29. The van der Waals surface area contributed by atoms with Gasteiger partial charge in [0.2, 0.25) is 21.8 Å². The molecule has 4 rings (SSSR count). The Morgan fingerprint density at radius 3 is 2.33 bits per heavy atom. The van der Waals surface area contributed by atoms with Gasteiger partial charge in [-0.05, 0) is 55.7 Å². The van der Waals surface area contributed by atoms with Crippen molar-refractivity contribution in [1.29, 1.82) is 0 Å². The van der Waals surface area contributed by atoms with Crippen LogP contribution in [0.2, 0.25) is 0 Å². The lowest BCUT2D eigenvalue weighted by Gasteiger charge is -2.27. The molecule has 0 unspecified atom stereocenters. The molecule has 1 aromatic carbocycles. The predicted octanol–water partition coefficient (Wildman–Crippen LogP) is 1.23. The molecule has 1 aliphatic heterocycles. The molecule has 2 aromatic heterocycles. The Kier molecular flexibility index (Phi) is 8.02. The van der Waals surface area contributed by atoms with Crippen LogP contribution < -0.4 is 10.8 Å². The van der Waals surface area contributed by atoms with Gasteiger partial charge >= 0.3 is 13.3 Å². The molecule has 3 N–H and O–H groups in total. The second kappa shape index (κ2) is 11.0. The molecule has 39 heavy (non-hydrogen) atoms. The standard InChI is InChI=1S/C23H22BF4N5O5S/c1-13-2-7-20(33(13)39(37,38)17-5-3-16(25)4-6-17)21(34)30-9-14-8-19(29-12-18(14)24(35)36)15-10-31-22(32-11-15)23(26,27)28/h3-6,8,10-13,20,35-36H,2,7,9H2,1H3,(H,30,34)/t13-,20-/m0/s1. The number of benzene rings is 1. The number of amides is 1. The molecule has 0 bridgehead atoms. The Balaban J connectivity index is 1.56. The van der Waals surface area contributed by atoms with E-state index in [1.165, 1.54) is 6.07 Å². The molecule has 3 aromatic rings. The Hall–Kier alpha value is -3.47. The van der Waals surface area contributed by atoms with Gasteiger partial charge in [0.05, 0.1) is 10.6 Å². The van der Waals surface area contributed by atoms with Gasteiger partial charge in [-0.2, -0.15) is 17.5 Å². The molecule has 1 fully saturated rings. The Bertz CT molecular complexity index is 1460. The van der Waals surface area contributed by atoms with Crippen LogP contribution in [-0.4, -0.2) is 62.8 Å². The lowest BCUT2D eigenvalue weighted by Crippen LogP contribution is -2.48. The van der Waals surface area contributed by atoms with E-state index in [0.717, 1.165) is 47.2 Å². The summed E-state index contributed by atoms with van der Waals surface area (Å²) >= 11 is 0. The molecule has 206 valence electrons. The van der Waals surface area contributed by atoms with Crippen LogP contribution in [0.25, 0.3) is 11.3 Å². The zero-order valence-electron chi connectivity index (χ0n) is 20.3. The number of carbonyl (C=O) groups excluding carboxylic acids is 1. The monoisotopic (exact) mass is 567 g/mol. The van der Waals surface area contributed by atoms with Gasteiger partial charge in [0, 0.05) is 42.2 Å². The number of alkyl halides is 3. The molecule has 0 saturated carbocycles. The molecular weight excluding hydrogens is 545 g/mol. The van der Waals surface area contributed by atoms with Crippen molar-refractivity contribution >= 4 is 28.5 Å². The van der Waals surface area contributed by atoms with Gasteiger partial charge in [0.1, 0.15) is 11.9 Å². The van der Waals surface area contributed by atoms with Crippen molar-refractivity contribution < 1.29 is 40.8 Å². The molecule has 16 heteroatoms. The maximum absolute atomic E-state index is 13.3. The second-order valence-electron chi connectivity index (χ2n) is 8.88. The Morgan fingerprint density at radius 2 is 1.74 bits per heavy atom. The van der Waals surface area contributed by atoms with Crippen molar-refractivity contribution in [2.24, 2.45) is 0 Å². The molecule has 0 radical (unpaired) electrons.